The number of benzene rings is 1. The van der Waals surface area contributed by atoms with E-state index >= 15 is 0 Å². The second kappa shape index (κ2) is 6.75. The van der Waals surface area contributed by atoms with Gasteiger partial charge in [-0.2, -0.15) is 0 Å². The van der Waals surface area contributed by atoms with Crippen LogP contribution in [0.3, 0.4) is 0 Å². The third-order valence-electron chi connectivity index (χ3n) is 4.88. The first kappa shape index (κ1) is 17.3. The van der Waals surface area contributed by atoms with E-state index in [0.717, 1.165) is 24.0 Å². The lowest BCUT2D eigenvalue weighted by Gasteiger charge is -2.26. The molecule has 132 valence electrons. The molecule has 1 aromatic heterocycles. The number of hydrogen-bond acceptors (Lipinski definition) is 3. The molecule has 1 aliphatic heterocycles. The summed E-state index contributed by atoms with van der Waals surface area (Å²) in [6.07, 6.45) is 2.27. The summed E-state index contributed by atoms with van der Waals surface area (Å²) in [5.74, 6) is -0.831. The minimum atomic E-state index is -1.06. The third-order valence-corrected chi connectivity index (χ3v) is 4.88. The molecule has 25 heavy (non-hydrogen) atoms. The fraction of sp³-hybridized carbons (Fsp3) is 0.400. The number of likely N-dealkylation sites (tertiary alicyclic amines) is 1. The Morgan fingerprint density at radius 1 is 1.28 bits per heavy atom. The van der Waals surface area contributed by atoms with Crippen LogP contribution in [0.5, 0.6) is 0 Å². The lowest BCUT2D eigenvalue weighted by Crippen LogP contribution is -2.30. The number of amides is 1. The predicted molar refractivity (Wildman–Crippen MR) is 94.0 cm³/mol. The van der Waals surface area contributed by atoms with Gasteiger partial charge in [0.05, 0.1) is 6.04 Å². The normalized spacial score (nSPS) is 17.1. The van der Waals surface area contributed by atoms with Crippen molar-refractivity contribution in [1.82, 2.24) is 4.90 Å². The molecule has 1 N–H and O–H groups in total. The maximum Gasteiger partial charge on any atom is 0.339 e. The molecule has 1 amide bonds. The van der Waals surface area contributed by atoms with Gasteiger partial charge in [-0.25, -0.2) is 4.79 Å². The van der Waals surface area contributed by atoms with Crippen LogP contribution in [-0.4, -0.2) is 28.4 Å². The van der Waals surface area contributed by atoms with Gasteiger partial charge in [0.1, 0.15) is 11.3 Å². The summed E-state index contributed by atoms with van der Waals surface area (Å²) in [7, 11) is 0. The van der Waals surface area contributed by atoms with E-state index in [0.29, 0.717) is 18.7 Å². The summed E-state index contributed by atoms with van der Waals surface area (Å²) >= 11 is 0. The summed E-state index contributed by atoms with van der Waals surface area (Å²) in [5, 5.41) is 9.27. The highest BCUT2D eigenvalue weighted by molar-refractivity contribution is 5.96. The summed E-state index contributed by atoms with van der Waals surface area (Å²) in [6, 6.07) is 7.65. The molecule has 2 aromatic rings. The van der Waals surface area contributed by atoms with Crippen LogP contribution in [0.2, 0.25) is 0 Å². The Labute approximate surface area is 147 Å². The zero-order chi connectivity index (χ0) is 18.1. The average molecular weight is 341 g/mol. The van der Waals surface area contributed by atoms with Crippen LogP contribution in [0.1, 0.15) is 69.2 Å². The van der Waals surface area contributed by atoms with Gasteiger partial charge in [-0.1, -0.05) is 30.7 Å². The molecule has 1 atom stereocenters. The van der Waals surface area contributed by atoms with Crippen molar-refractivity contribution >= 4 is 11.9 Å². The number of nitrogens with zero attached hydrogens (tertiary/aromatic N) is 1. The predicted octanol–water partition coefficient (Wildman–Crippen LogP) is 4.13. The molecule has 5 nitrogen and oxygen atoms in total. The van der Waals surface area contributed by atoms with Crippen molar-refractivity contribution in [3.05, 3.63) is 58.0 Å². The smallest absolute Gasteiger partial charge is 0.339 e. The van der Waals surface area contributed by atoms with Crippen LogP contribution in [0.15, 0.2) is 28.7 Å². The standard InChI is InChI=1S/C20H23NO4/c1-4-17-15(20(23)24)11-18(25-17)19(22)21-9-5-6-16(21)14-10-12(2)7-8-13(14)3/h7-8,10-11,16H,4-6,9H2,1-3H3,(H,23,24). The first-order valence-electron chi connectivity index (χ1n) is 8.66. The second-order valence-electron chi connectivity index (χ2n) is 6.62. The average Bonchev–Trinajstić information content (AvgIpc) is 3.22. The van der Waals surface area contributed by atoms with Crippen LogP contribution in [0.25, 0.3) is 0 Å². The maximum absolute atomic E-state index is 13.0. The van der Waals surface area contributed by atoms with Crippen molar-refractivity contribution in [1.29, 1.82) is 0 Å². The molecule has 1 unspecified atom stereocenters. The number of carboxylic acids is 1. The minimum Gasteiger partial charge on any atom is -0.478 e. The fourth-order valence-corrected chi connectivity index (χ4v) is 3.57. The van der Waals surface area contributed by atoms with E-state index in [-0.39, 0.29) is 23.3 Å². The van der Waals surface area contributed by atoms with E-state index in [4.69, 9.17) is 4.42 Å². The lowest BCUT2D eigenvalue weighted by atomic mass is 9.97. The first-order chi connectivity index (χ1) is 11.9. The minimum absolute atomic E-state index is 0.0101. The molecular formula is C20H23NO4. The molecule has 1 aromatic carbocycles. The molecule has 0 aliphatic carbocycles. The number of carboxylic acid groups (broad SMARTS) is 1. The molecule has 1 saturated heterocycles. The van der Waals surface area contributed by atoms with Crippen molar-refractivity contribution in [3.63, 3.8) is 0 Å². The number of furan rings is 1. The van der Waals surface area contributed by atoms with Crippen LogP contribution >= 0.6 is 0 Å². The summed E-state index contributed by atoms with van der Waals surface area (Å²) < 4.78 is 5.57. The third kappa shape index (κ3) is 3.18. The maximum atomic E-state index is 13.0. The SMILES string of the molecule is CCc1oc(C(=O)N2CCCC2c2cc(C)ccc2C)cc1C(=O)O. The van der Waals surface area contributed by atoms with Gasteiger partial charge in [-0.3, -0.25) is 4.79 Å². The summed E-state index contributed by atoms with van der Waals surface area (Å²) in [5.41, 5.74) is 3.56. The topological polar surface area (TPSA) is 70.8 Å². The van der Waals surface area contributed by atoms with Gasteiger partial charge >= 0.3 is 5.97 Å². The summed E-state index contributed by atoms with van der Waals surface area (Å²) in [4.78, 5) is 26.1. The van der Waals surface area contributed by atoms with Gasteiger partial charge in [0, 0.05) is 19.0 Å². The highest BCUT2D eigenvalue weighted by Crippen LogP contribution is 2.35. The van der Waals surface area contributed by atoms with Gasteiger partial charge in [-0.15, -0.1) is 0 Å². The molecule has 3 rings (SSSR count). The zero-order valence-corrected chi connectivity index (χ0v) is 14.8. The van der Waals surface area contributed by atoms with Crippen LogP contribution in [-0.2, 0) is 6.42 Å². The number of carbonyl (C=O) groups excluding carboxylic acids is 1. The fourth-order valence-electron chi connectivity index (χ4n) is 3.57. The Kier molecular flexibility index (Phi) is 4.66. The molecule has 1 fully saturated rings. The van der Waals surface area contributed by atoms with Gasteiger partial charge in [0.15, 0.2) is 5.76 Å². The van der Waals surface area contributed by atoms with Crippen molar-refractivity contribution in [2.75, 3.05) is 6.54 Å². The Morgan fingerprint density at radius 3 is 2.68 bits per heavy atom. The first-order valence-corrected chi connectivity index (χ1v) is 8.66. The molecule has 0 saturated carbocycles. The molecule has 0 spiro atoms. The summed E-state index contributed by atoms with van der Waals surface area (Å²) in [6.45, 7) is 6.57. The van der Waals surface area contributed by atoms with E-state index in [1.54, 1.807) is 0 Å². The van der Waals surface area contributed by atoms with Gasteiger partial charge < -0.3 is 14.4 Å². The van der Waals surface area contributed by atoms with Crippen molar-refractivity contribution in [3.8, 4) is 0 Å². The molecule has 1 aliphatic rings. The van der Waals surface area contributed by atoms with Crippen molar-refractivity contribution < 1.29 is 19.1 Å². The number of hydrogen-bond donors (Lipinski definition) is 1. The largest absolute Gasteiger partial charge is 0.478 e. The van der Waals surface area contributed by atoms with E-state index < -0.39 is 5.97 Å². The Balaban J connectivity index is 1.93. The Hall–Kier alpha value is -2.56. The van der Waals surface area contributed by atoms with E-state index in [9.17, 15) is 14.7 Å². The van der Waals surface area contributed by atoms with Crippen molar-refractivity contribution in [2.45, 2.75) is 46.1 Å². The Morgan fingerprint density at radius 2 is 2.04 bits per heavy atom. The highest BCUT2D eigenvalue weighted by atomic mass is 16.4. The Bertz CT molecular complexity index is 821. The van der Waals surface area contributed by atoms with Gasteiger partial charge in [0.2, 0.25) is 0 Å². The molecular weight excluding hydrogens is 318 g/mol. The quantitative estimate of drug-likeness (QED) is 0.907. The van der Waals surface area contributed by atoms with Gasteiger partial charge in [-0.05, 0) is 37.8 Å². The molecule has 0 bridgehead atoms. The zero-order valence-electron chi connectivity index (χ0n) is 14.8. The van der Waals surface area contributed by atoms with Crippen LogP contribution in [0, 0.1) is 13.8 Å². The number of rotatable bonds is 4. The number of aromatic carboxylic acids is 1. The van der Waals surface area contributed by atoms with Crippen LogP contribution in [0.4, 0.5) is 0 Å². The molecule has 0 radical (unpaired) electrons. The van der Waals surface area contributed by atoms with Crippen LogP contribution < -0.4 is 0 Å². The van der Waals surface area contributed by atoms with E-state index in [1.165, 1.54) is 11.6 Å². The number of aryl methyl sites for hydroxylation is 3. The van der Waals surface area contributed by atoms with Gasteiger partial charge in [0.25, 0.3) is 5.91 Å². The van der Waals surface area contributed by atoms with E-state index in [1.807, 2.05) is 18.7 Å². The second-order valence-corrected chi connectivity index (χ2v) is 6.62. The molecule has 5 heteroatoms. The monoisotopic (exact) mass is 341 g/mol. The molecule has 2 heterocycles. The number of carbonyl (C=O) groups is 2. The van der Waals surface area contributed by atoms with E-state index in [2.05, 4.69) is 25.1 Å². The van der Waals surface area contributed by atoms with Crippen molar-refractivity contribution in [2.24, 2.45) is 0 Å². The highest BCUT2D eigenvalue weighted by Gasteiger charge is 2.33. The lowest BCUT2D eigenvalue weighted by molar-refractivity contribution is 0.0687.